The minimum absolute atomic E-state index is 0.0402. The summed E-state index contributed by atoms with van der Waals surface area (Å²) in [4.78, 5) is 14.9. The second-order valence-corrected chi connectivity index (χ2v) is 8.19. The van der Waals surface area contributed by atoms with Crippen LogP contribution in [-0.2, 0) is 0 Å². The van der Waals surface area contributed by atoms with Crippen LogP contribution in [0.2, 0.25) is 5.15 Å². The van der Waals surface area contributed by atoms with E-state index in [2.05, 4.69) is 39.7 Å². The molecule has 3 N–H and O–H groups in total. The summed E-state index contributed by atoms with van der Waals surface area (Å²) in [5.74, 6) is 0.329. The van der Waals surface area contributed by atoms with Gasteiger partial charge in [0.2, 0.25) is 0 Å². The summed E-state index contributed by atoms with van der Waals surface area (Å²) >= 11 is 7.61. The van der Waals surface area contributed by atoms with E-state index < -0.39 is 6.09 Å². The number of pyridine rings is 1. The minimum Gasteiger partial charge on any atom is -0.465 e. The molecule has 1 saturated carbocycles. The molecule has 7 nitrogen and oxygen atoms in total. The van der Waals surface area contributed by atoms with E-state index >= 15 is 0 Å². The van der Waals surface area contributed by atoms with Crippen LogP contribution in [0.3, 0.4) is 0 Å². The maximum absolute atomic E-state index is 10.8. The van der Waals surface area contributed by atoms with E-state index in [1.54, 1.807) is 23.6 Å². The normalized spacial score (nSPS) is 20.2. The number of hydrogen-bond acceptors (Lipinski definition) is 6. The lowest BCUT2D eigenvalue weighted by atomic mass is 9.86. The van der Waals surface area contributed by atoms with Crippen LogP contribution in [0, 0.1) is 0 Å². The van der Waals surface area contributed by atoms with Crippen molar-refractivity contribution in [2.75, 3.05) is 5.32 Å². The third-order valence-corrected chi connectivity index (χ3v) is 5.72. The topological polar surface area (TPSA) is 100 Å². The lowest BCUT2D eigenvalue weighted by Gasteiger charge is -2.26. The Morgan fingerprint density at radius 2 is 2.04 bits per heavy atom. The van der Waals surface area contributed by atoms with Crippen LogP contribution in [0.5, 0.6) is 0 Å². The van der Waals surface area contributed by atoms with Crippen LogP contribution < -0.4 is 10.6 Å². The zero-order valence-corrected chi connectivity index (χ0v) is 16.3. The van der Waals surface area contributed by atoms with Crippen molar-refractivity contribution < 1.29 is 9.90 Å². The first kappa shape index (κ1) is 18.8. The molecule has 0 radical (unpaired) electrons. The number of nitrogens with one attached hydrogen (secondary N) is 2. The molecular weight excluding hydrogens is 374 g/mol. The predicted octanol–water partition coefficient (Wildman–Crippen LogP) is 4.37. The molecular formula is C17H22ClN5O2S. The smallest absolute Gasteiger partial charge is 0.404 e. The van der Waals surface area contributed by atoms with E-state index in [4.69, 9.17) is 16.7 Å². The van der Waals surface area contributed by atoms with E-state index in [0.29, 0.717) is 11.1 Å². The molecule has 26 heavy (non-hydrogen) atoms. The van der Waals surface area contributed by atoms with E-state index in [1.165, 1.54) is 0 Å². The number of amides is 1. The van der Waals surface area contributed by atoms with Gasteiger partial charge >= 0.3 is 6.09 Å². The molecule has 9 heteroatoms. The highest BCUT2D eigenvalue weighted by Crippen LogP contribution is 2.38. The molecule has 0 spiro atoms. The number of halogens is 1. The Morgan fingerprint density at radius 3 is 2.69 bits per heavy atom. The molecule has 0 atom stereocenters. The van der Waals surface area contributed by atoms with E-state index in [-0.39, 0.29) is 12.1 Å². The third kappa shape index (κ3) is 4.62. The quantitative estimate of drug-likeness (QED) is 0.650. The van der Waals surface area contributed by atoms with Gasteiger partial charge in [-0.2, -0.15) is 0 Å². The molecule has 2 aromatic rings. The van der Waals surface area contributed by atoms with Crippen molar-refractivity contribution >= 4 is 34.7 Å². The van der Waals surface area contributed by atoms with Crippen molar-refractivity contribution in [1.29, 1.82) is 0 Å². The van der Waals surface area contributed by atoms with Crippen LogP contribution in [0.4, 0.5) is 10.5 Å². The number of hydrogen-bond donors (Lipinski definition) is 3. The number of carboxylic acid groups (broad SMARTS) is 1. The first-order valence-electron chi connectivity index (χ1n) is 8.67. The van der Waals surface area contributed by atoms with Crippen LogP contribution >= 0.6 is 22.9 Å². The Balaban J connectivity index is 1.74. The largest absolute Gasteiger partial charge is 0.465 e. The van der Waals surface area contributed by atoms with Gasteiger partial charge in [0, 0.05) is 29.9 Å². The number of rotatable bonds is 5. The zero-order valence-electron chi connectivity index (χ0n) is 14.7. The van der Waals surface area contributed by atoms with Gasteiger partial charge in [0.05, 0.1) is 5.56 Å². The van der Waals surface area contributed by atoms with Crippen molar-refractivity contribution in [2.24, 2.45) is 0 Å². The first-order chi connectivity index (χ1) is 12.4. The third-order valence-electron chi connectivity index (χ3n) is 4.39. The van der Waals surface area contributed by atoms with Crippen LogP contribution in [0.1, 0.15) is 50.5 Å². The molecule has 2 heterocycles. The average Bonchev–Trinajstić information content (AvgIpc) is 3.04. The van der Waals surface area contributed by atoms with Gasteiger partial charge in [0.25, 0.3) is 0 Å². The van der Waals surface area contributed by atoms with Crippen LogP contribution in [0.25, 0.3) is 10.6 Å². The van der Waals surface area contributed by atoms with Crippen molar-refractivity contribution in [3.63, 3.8) is 0 Å². The standard InChI is InChI=1S/C17H22ClN5O2S/c1-9(2)20-13-7-14(18)19-8-12(13)16-23-22-15(26-16)10-3-5-11(6-4-10)21-17(24)25/h7-11,21H,3-6H2,1-2H3,(H,19,20)(H,24,25)/t10-,11-. The van der Waals surface area contributed by atoms with Crippen molar-refractivity contribution in [2.45, 2.75) is 57.5 Å². The van der Waals surface area contributed by atoms with Gasteiger partial charge in [0.1, 0.15) is 10.2 Å². The number of anilines is 1. The van der Waals surface area contributed by atoms with Crippen molar-refractivity contribution in [3.8, 4) is 10.6 Å². The molecule has 0 aromatic carbocycles. The average molecular weight is 396 g/mol. The molecule has 0 unspecified atom stereocenters. The monoisotopic (exact) mass is 395 g/mol. The van der Waals surface area contributed by atoms with Gasteiger partial charge < -0.3 is 15.7 Å². The molecule has 2 aromatic heterocycles. The molecule has 1 amide bonds. The fourth-order valence-corrected chi connectivity index (χ4v) is 4.39. The molecule has 140 valence electrons. The number of nitrogens with zero attached hydrogens (tertiary/aromatic N) is 3. The Bertz CT molecular complexity index is 774. The molecule has 1 aliphatic rings. The summed E-state index contributed by atoms with van der Waals surface area (Å²) in [6.45, 7) is 4.13. The summed E-state index contributed by atoms with van der Waals surface area (Å²) in [5, 5.41) is 25.8. The molecule has 0 bridgehead atoms. The van der Waals surface area contributed by atoms with Gasteiger partial charge in [-0.15, -0.1) is 10.2 Å². The van der Waals surface area contributed by atoms with Gasteiger partial charge in [-0.1, -0.05) is 22.9 Å². The summed E-state index contributed by atoms with van der Waals surface area (Å²) in [6, 6.07) is 2.11. The summed E-state index contributed by atoms with van der Waals surface area (Å²) in [6.07, 6.45) is 4.26. The van der Waals surface area contributed by atoms with Crippen molar-refractivity contribution in [1.82, 2.24) is 20.5 Å². The molecule has 0 aliphatic heterocycles. The second-order valence-electron chi connectivity index (χ2n) is 6.80. The molecule has 0 saturated heterocycles. The van der Waals surface area contributed by atoms with E-state index in [9.17, 15) is 4.79 Å². The Labute approximate surface area is 161 Å². The molecule has 1 fully saturated rings. The lowest BCUT2D eigenvalue weighted by molar-refractivity contribution is 0.185. The second kappa shape index (κ2) is 8.18. The predicted molar refractivity (Wildman–Crippen MR) is 103 cm³/mol. The number of carbonyl (C=O) groups is 1. The summed E-state index contributed by atoms with van der Waals surface area (Å²) < 4.78 is 0. The Hall–Kier alpha value is -1.93. The minimum atomic E-state index is -0.952. The highest BCUT2D eigenvalue weighted by molar-refractivity contribution is 7.14. The molecule has 3 rings (SSSR count). The van der Waals surface area contributed by atoms with Gasteiger partial charge in [-0.25, -0.2) is 9.78 Å². The van der Waals surface area contributed by atoms with Crippen LogP contribution in [-0.4, -0.2) is 38.5 Å². The maximum Gasteiger partial charge on any atom is 0.404 e. The van der Waals surface area contributed by atoms with E-state index in [0.717, 1.165) is 46.9 Å². The van der Waals surface area contributed by atoms with Gasteiger partial charge in [-0.05, 0) is 45.6 Å². The first-order valence-corrected chi connectivity index (χ1v) is 9.87. The number of aromatic nitrogens is 3. The summed E-state index contributed by atoms with van der Waals surface area (Å²) in [7, 11) is 0. The fourth-order valence-electron chi connectivity index (χ4n) is 3.20. The van der Waals surface area contributed by atoms with E-state index in [1.807, 2.05) is 0 Å². The summed E-state index contributed by atoms with van der Waals surface area (Å²) in [5.41, 5.74) is 1.80. The van der Waals surface area contributed by atoms with Crippen LogP contribution in [0.15, 0.2) is 12.3 Å². The SMILES string of the molecule is CC(C)Nc1cc(Cl)ncc1-c1nnc([C@H]2CC[C@H](NC(=O)O)CC2)s1. The highest BCUT2D eigenvalue weighted by Gasteiger charge is 2.26. The highest BCUT2D eigenvalue weighted by atomic mass is 35.5. The van der Waals surface area contributed by atoms with Crippen molar-refractivity contribution in [3.05, 3.63) is 22.4 Å². The zero-order chi connectivity index (χ0) is 18.7. The Morgan fingerprint density at radius 1 is 1.31 bits per heavy atom. The lowest BCUT2D eigenvalue weighted by Crippen LogP contribution is -2.36. The van der Waals surface area contributed by atoms with Gasteiger partial charge in [0.15, 0.2) is 5.01 Å². The fraction of sp³-hybridized carbons (Fsp3) is 0.529. The Kier molecular flexibility index (Phi) is 5.93. The van der Waals surface area contributed by atoms with Gasteiger partial charge in [-0.3, -0.25) is 0 Å². The maximum atomic E-state index is 10.8. The molecule has 1 aliphatic carbocycles.